The summed E-state index contributed by atoms with van der Waals surface area (Å²) in [4.78, 5) is 10.7. The van der Waals surface area contributed by atoms with Crippen LogP contribution in [0.2, 0.25) is 0 Å². The molecule has 2 rings (SSSR count). The van der Waals surface area contributed by atoms with Crippen molar-refractivity contribution in [3.8, 4) is 0 Å². The lowest BCUT2D eigenvalue weighted by Gasteiger charge is -2.18. The fraction of sp³-hybridized carbons (Fsp3) is 0.429. The smallest absolute Gasteiger partial charge is 0.158 e. The highest BCUT2D eigenvalue weighted by atomic mass is 16.5. The predicted octanol–water partition coefficient (Wildman–Crippen LogP) is 1.84. The Bertz CT molecular complexity index is 584. The molecule has 7 heteroatoms. The first-order valence-electron chi connectivity index (χ1n) is 6.81. The third-order valence-corrected chi connectivity index (χ3v) is 2.92. The lowest BCUT2D eigenvalue weighted by Crippen LogP contribution is -2.20. The van der Waals surface area contributed by atoms with Crippen molar-refractivity contribution in [2.24, 2.45) is 5.84 Å². The van der Waals surface area contributed by atoms with E-state index in [0.717, 1.165) is 17.3 Å². The molecule has 0 bridgehead atoms. The molecule has 2 heterocycles. The topological polar surface area (TPSA) is 89.4 Å². The van der Waals surface area contributed by atoms with Gasteiger partial charge in [-0.25, -0.2) is 15.8 Å². The molecule has 0 aromatic carbocycles. The molecule has 0 saturated heterocycles. The van der Waals surface area contributed by atoms with Crippen molar-refractivity contribution in [1.82, 2.24) is 9.97 Å². The Kier molecular flexibility index (Phi) is 5.13. The largest absolute Gasteiger partial charge is 0.464 e. The minimum Gasteiger partial charge on any atom is -0.464 e. The average Bonchev–Trinajstić information content (AvgIpc) is 2.89. The van der Waals surface area contributed by atoms with E-state index in [4.69, 9.17) is 15.0 Å². The van der Waals surface area contributed by atoms with E-state index in [9.17, 15) is 0 Å². The lowest BCUT2D eigenvalue weighted by molar-refractivity contribution is 0.128. The fourth-order valence-corrected chi connectivity index (χ4v) is 1.90. The summed E-state index contributed by atoms with van der Waals surface area (Å²) in [6.45, 7) is 5.43. The van der Waals surface area contributed by atoms with Crippen LogP contribution >= 0.6 is 0 Å². The van der Waals surface area contributed by atoms with Crippen LogP contribution in [-0.2, 0) is 17.9 Å². The standard InChI is InChI=1S/C14H21N5O2/c1-4-20-9-13-16-12(18-15)7-14(17-13)19(3)8-11-6-5-10(2)21-11/h5-7H,4,8-9,15H2,1-3H3,(H,16,17,18). The van der Waals surface area contributed by atoms with Gasteiger partial charge in [-0.05, 0) is 26.0 Å². The van der Waals surface area contributed by atoms with Gasteiger partial charge in [0.15, 0.2) is 5.82 Å². The molecular weight excluding hydrogens is 270 g/mol. The van der Waals surface area contributed by atoms with Gasteiger partial charge in [0.05, 0.1) is 6.54 Å². The van der Waals surface area contributed by atoms with Crippen LogP contribution in [0.4, 0.5) is 11.6 Å². The van der Waals surface area contributed by atoms with Gasteiger partial charge in [0, 0.05) is 19.7 Å². The molecular formula is C14H21N5O2. The number of aromatic nitrogens is 2. The van der Waals surface area contributed by atoms with E-state index in [0.29, 0.717) is 31.4 Å². The Morgan fingerprint density at radius 1 is 1.38 bits per heavy atom. The number of anilines is 2. The zero-order valence-electron chi connectivity index (χ0n) is 12.6. The quantitative estimate of drug-likeness (QED) is 0.594. The van der Waals surface area contributed by atoms with Gasteiger partial charge in [-0.1, -0.05) is 0 Å². The molecule has 0 spiro atoms. The molecule has 2 aromatic heterocycles. The number of hydrogen-bond acceptors (Lipinski definition) is 7. The van der Waals surface area contributed by atoms with Crippen molar-refractivity contribution in [1.29, 1.82) is 0 Å². The van der Waals surface area contributed by atoms with Gasteiger partial charge in [-0.15, -0.1) is 0 Å². The van der Waals surface area contributed by atoms with E-state index in [2.05, 4.69) is 15.4 Å². The van der Waals surface area contributed by atoms with E-state index in [1.165, 1.54) is 0 Å². The average molecular weight is 291 g/mol. The van der Waals surface area contributed by atoms with Crippen LogP contribution in [-0.4, -0.2) is 23.6 Å². The van der Waals surface area contributed by atoms with Crippen molar-refractivity contribution in [3.63, 3.8) is 0 Å². The highest BCUT2D eigenvalue weighted by molar-refractivity contribution is 5.48. The third-order valence-electron chi connectivity index (χ3n) is 2.92. The Labute approximate surface area is 124 Å². The second kappa shape index (κ2) is 7.05. The third kappa shape index (κ3) is 4.17. The maximum atomic E-state index is 5.58. The zero-order chi connectivity index (χ0) is 15.2. The number of ether oxygens (including phenoxy) is 1. The number of nitrogens with two attached hydrogens (primary N) is 1. The summed E-state index contributed by atoms with van der Waals surface area (Å²) in [6, 6.07) is 5.68. The Morgan fingerprint density at radius 3 is 2.81 bits per heavy atom. The molecule has 3 N–H and O–H groups in total. The molecule has 0 aliphatic rings. The maximum absolute atomic E-state index is 5.58. The number of nitrogens with zero attached hydrogens (tertiary/aromatic N) is 3. The van der Waals surface area contributed by atoms with Crippen molar-refractivity contribution < 1.29 is 9.15 Å². The summed E-state index contributed by atoms with van der Waals surface area (Å²) in [6.07, 6.45) is 0. The predicted molar refractivity (Wildman–Crippen MR) is 80.7 cm³/mol. The molecule has 0 aliphatic carbocycles. The molecule has 21 heavy (non-hydrogen) atoms. The fourth-order valence-electron chi connectivity index (χ4n) is 1.90. The normalized spacial score (nSPS) is 10.7. The highest BCUT2D eigenvalue weighted by Gasteiger charge is 2.10. The number of hydrogen-bond donors (Lipinski definition) is 2. The summed E-state index contributed by atoms with van der Waals surface area (Å²) in [5, 5.41) is 0. The first kappa shape index (κ1) is 15.3. The second-order valence-corrected chi connectivity index (χ2v) is 4.68. The molecule has 114 valence electrons. The van der Waals surface area contributed by atoms with Crippen molar-refractivity contribution in [2.75, 3.05) is 24.0 Å². The monoisotopic (exact) mass is 291 g/mol. The molecule has 0 unspecified atom stereocenters. The van der Waals surface area contributed by atoms with E-state index < -0.39 is 0 Å². The van der Waals surface area contributed by atoms with E-state index >= 15 is 0 Å². The molecule has 0 aliphatic heterocycles. The van der Waals surface area contributed by atoms with Crippen LogP contribution in [0.1, 0.15) is 24.3 Å². The zero-order valence-corrected chi connectivity index (χ0v) is 12.6. The van der Waals surface area contributed by atoms with E-state index in [1.807, 2.05) is 37.9 Å². The van der Waals surface area contributed by atoms with Gasteiger partial charge in [0.25, 0.3) is 0 Å². The van der Waals surface area contributed by atoms with Gasteiger partial charge in [-0.2, -0.15) is 0 Å². The van der Waals surface area contributed by atoms with E-state index in [1.54, 1.807) is 6.07 Å². The van der Waals surface area contributed by atoms with Gasteiger partial charge >= 0.3 is 0 Å². The Balaban J connectivity index is 2.16. The molecule has 0 saturated carbocycles. The van der Waals surface area contributed by atoms with Gasteiger partial charge in [-0.3, -0.25) is 0 Å². The molecule has 0 amide bonds. The van der Waals surface area contributed by atoms with Gasteiger partial charge < -0.3 is 19.5 Å². The van der Waals surface area contributed by atoms with Crippen molar-refractivity contribution in [3.05, 3.63) is 35.5 Å². The summed E-state index contributed by atoms with van der Waals surface area (Å²) in [5.41, 5.74) is 2.55. The summed E-state index contributed by atoms with van der Waals surface area (Å²) in [7, 11) is 1.94. The lowest BCUT2D eigenvalue weighted by atomic mass is 10.4. The number of aryl methyl sites for hydroxylation is 1. The van der Waals surface area contributed by atoms with Crippen LogP contribution in [0, 0.1) is 6.92 Å². The van der Waals surface area contributed by atoms with Crippen LogP contribution in [0.5, 0.6) is 0 Å². The number of rotatable bonds is 7. The van der Waals surface area contributed by atoms with Crippen LogP contribution in [0.3, 0.4) is 0 Å². The Morgan fingerprint density at radius 2 is 2.19 bits per heavy atom. The summed E-state index contributed by atoms with van der Waals surface area (Å²) >= 11 is 0. The maximum Gasteiger partial charge on any atom is 0.158 e. The molecule has 0 radical (unpaired) electrons. The minimum atomic E-state index is 0.354. The summed E-state index contributed by atoms with van der Waals surface area (Å²) < 4.78 is 10.9. The molecule has 2 aromatic rings. The summed E-state index contributed by atoms with van der Waals surface area (Å²) in [5.74, 6) is 9.11. The van der Waals surface area contributed by atoms with Crippen LogP contribution in [0.15, 0.2) is 22.6 Å². The molecule has 7 nitrogen and oxygen atoms in total. The Hall–Kier alpha value is -2.12. The van der Waals surface area contributed by atoms with Crippen molar-refractivity contribution in [2.45, 2.75) is 27.0 Å². The number of hydrazine groups is 1. The number of furan rings is 1. The van der Waals surface area contributed by atoms with E-state index in [-0.39, 0.29) is 0 Å². The van der Waals surface area contributed by atoms with Gasteiger partial charge in [0.1, 0.15) is 29.8 Å². The second-order valence-electron chi connectivity index (χ2n) is 4.68. The van der Waals surface area contributed by atoms with Crippen LogP contribution in [0.25, 0.3) is 0 Å². The molecule has 0 atom stereocenters. The molecule has 0 fully saturated rings. The first-order chi connectivity index (χ1) is 10.1. The van der Waals surface area contributed by atoms with Crippen molar-refractivity contribution >= 4 is 11.6 Å². The highest BCUT2D eigenvalue weighted by Crippen LogP contribution is 2.18. The minimum absolute atomic E-state index is 0.354. The van der Waals surface area contributed by atoms with Crippen LogP contribution < -0.4 is 16.2 Å². The van der Waals surface area contributed by atoms with Gasteiger partial charge in [0.2, 0.25) is 0 Å². The SMILES string of the molecule is CCOCc1nc(NN)cc(N(C)Cc2ccc(C)o2)n1. The number of nitrogens with one attached hydrogen (secondary N) is 1. The number of nitrogen functional groups attached to an aromatic ring is 1. The first-order valence-corrected chi connectivity index (χ1v) is 6.81.